The zero-order valence-corrected chi connectivity index (χ0v) is 12.6. The molecule has 0 radical (unpaired) electrons. The van der Waals surface area contributed by atoms with Crippen LogP contribution >= 0.6 is 22.6 Å². The predicted molar refractivity (Wildman–Crippen MR) is 82.5 cm³/mol. The van der Waals surface area contributed by atoms with Crippen molar-refractivity contribution in [2.45, 2.75) is 18.9 Å². The van der Waals surface area contributed by atoms with Crippen molar-refractivity contribution in [3.05, 3.63) is 21.8 Å². The smallest absolute Gasteiger partial charge is 0.0503 e. The predicted octanol–water partition coefficient (Wildman–Crippen LogP) is 2.40. The summed E-state index contributed by atoms with van der Waals surface area (Å²) in [6, 6.07) is 6.92. The number of anilines is 2. The van der Waals surface area contributed by atoms with Crippen molar-refractivity contribution in [1.29, 1.82) is 0 Å². The van der Waals surface area contributed by atoms with E-state index in [0.717, 1.165) is 24.8 Å². The van der Waals surface area contributed by atoms with Crippen molar-refractivity contribution < 1.29 is 0 Å². The van der Waals surface area contributed by atoms with Crippen molar-refractivity contribution in [2.75, 3.05) is 37.8 Å². The molecular formula is C13H20IN3. The lowest BCUT2D eigenvalue weighted by Crippen LogP contribution is -2.42. The number of hydrogen-bond donors (Lipinski definition) is 1. The average molecular weight is 345 g/mol. The molecule has 2 N–H and O–H groups in total. The monoisotopic (exact) mass is 345 g/mol. The summed E-state index contributed by atoms with van der Waals surface area (Å²) in [7, 11) is 4.35. The Morgan fingerprint density at radius 2 is 1.94 bits per heavy atom. The van der Waals surface area contributed by atoms with E-state index < -0.39 is 0 Å². The molecule has 17 heavy (non-hydrogen) atoms. The molecule has 4 heteroatoms. The number of nitrogens with zero attached hydrogens (tertiary/aromatic N) is 2. The maximum atomic E-state index is 5.79. The van der Waals surface area contributed by atoms with E-state index >= 15 is 0 Å². The highest BCUT2D eigenvalue weighted by Gasteiger charge is 2.21. The van der Waals surface area contributed by atoms with Crippen LogP contribution in [-0.4, -0.2) is 38.1 Å². The van der Waals surface area contributed by atoms with Crippen LogP contribution < -0.4 is 10.6 Å². The van der Waals surface area contributed by atoms with Crippen LogP contribution in [0.15, 0.2) is 18.2 Å². The first kappa shape index (κ1) is 13.0. The van der Waals surface area contributed by atoms with Gasteiger partial charge < -0.3 is 15.5 Å². The summed E-state index contributed by atoms with van der Waals surface area (Å²) in [5, 5.41) is 0. The first-order valence-electron chi connectivity index (χ1n) is 6.04. The van der Waals surface area contributed by atoms with E-state index in [9.17, 15) is 0 Å². The van der Waals surface area contributed by atoms with Gasteiger partial charge in [0, 0.05) is 28.4 Å². The van der Waals surface area contributed by atoms with Crippen LogP contribution in [0.1, 0.15) is 12.8 Å². The van der Waals surface area contributed by atoms with E-state index in [1.165, 1.54) is 22.1 Å². The Hall–Kier alpha value is -0.490. The van der Waals surface area contributed by atoms with Gasteiger partial charge in [0.05, 0.1) is 5.69 Å². The van der Waals surface area contributed by atoms with Crippen molar-refractivity contribution in [1.82, 2.24) is 4.90 Å². The number of nitrogens with two attached hydrogens (primary N) is 1. The van der Waals surface area contributed by atoms with Crippen molar-refractivity contribution >= 4 is 34.0 Å². The maximum Gasteiger partial charge on any atom is 0.0503 e. The molecule has 94 valence electrons. The van der Waals surface area contributed by atoms with Crippen LogP contribution in [0.4, 0.5) is 11.4 Å². The molecule has 1 aliphatic rings. The highest BCUT2D eigenvalue weighted by molar-refractivity contribution is 14.1. The molecule has 0 bridgehead atoms. The quantitative estimate of drug-likeness (QED) is 0.660. The average Bonchev–Trinajstić information content (AvgIpc) is 2.29. The molecule has 0 spiro atoms. The molecule has 1 fully saturated rings. The summed E-state index contributed by atoms with van der Waals surface area (Å²) in [6.45, 7) is 2.28. The Morgan fingerprint density at radius 1 is 1.29 bits per heavy atom. The van der Waals surface area contributed by atoms with Gasteiger partial charge >= 0.3 is 0 Å². The second kappa shape index (κ2) is 5.44. The van der Waals surface area contributed by atoms with Crippen LogP contribution in [0.5, 0.6) is 0 Å². The third-order valence-electron chi connectivity index (χ3n) is 3.51. The minimum atomic E-state index is 0.734. The molecule has 1 aromatic rings. The zero-order valence-electron chi connectivity index (χ0n) is 10.5. The Kier molecular flexibility index (Phi) is 4.14. The Bertz CT molecular complexity index is 384. The fourth-order valence-electron chi connectivity index (χ4n) is 2.40. The first-order valence-corrected chi connectivity index (χ1v) is 7.12. The maximum absolute atomic E-state index is 5.79. The lowest BCUT2D eigenvalue weighted by atomic mass is 10.0. The first-order chi connectivity index (χ1) is 8.08. The molecule has 0 aromatic heterocycles. The normalized spacial score (nSPS) is 17.8. The van der Waals surface area contributed by atoms with E-state index in [1.54, 1.807) is 0 Å². The standard InChI is InChI=1S/C13H20IN3/c1-16(2)11-5-7-17(8-6-11)13-4-3-10(15)9-12(13)14/h3-4,9,11H,5-8,15H2,1-2H3. The van der Waals surface area contributed by atoms with Gasteiger partial charge in [-0.25, -0.2) is 0 Å². The summed E-state index contributed by atoms with van der Waals surface area (Å²) < 4.78 is 1.26. The zero-order chi connectivity index (χ0) is 12.4. The Morgan fingerprint density at radius 3 is 2.47 bits per heavy atom. The number of hydrogen-bond acceptors (Lipinski definition) is 3. The molecule has 1 heterocycles. The van der Waals surface area contributed by atoms with Crippen molar-refractivity contribution in [2.24, 2.45) is 0 Å². The number of rotatable bonds is 2. The number of piperidine rings is 1. The minimum absolute atomic E-state index is 0.734. The van der Waals surface area contributed by atoms with Gasteiger partial charge in [-0.15, -0.1) is 0 Å². The third-order valence-corrected chi connectivity index (χ3v) is 4.37. The minimum Gasteiger partial charge on any atom is -0.399 e. The van der Waals surface area contributed by atoms with Crippen LogP contribution in [0.25, 0.3) is 0 Å². The van der Waals surface area contributed by atoms with Crippen LogP contribution in [0.2, 0.25) is 0 Å². The fraction of sp³-hybridized carbons (Fsp3) is 0.538. The third kappa shape index (κ3) is 3.04. The van der Waals surface area contributed by atoms with Crippen molar-refractivity contribution in [3.63, 3.8) is 0 Å². The van der Waals surface area contributed by atoms with E-state index in [2.05, 4.69) is 52.6 Å². The van der Waals surface area contributed by atoms with E-state index in [4.69, 9.17) is 5.73 Å². The number of benzene rings is 1. The highest BCUT2D eigenvalue weighted by atomic mass is 127. The highest BCUT2D eigenvalue weighted by Crippen LogP contribution is 2.27. The molecular weight excluding hydrogens is 325 g/mol. The summed E-state index contributed by atoms with van der Waals surface area (Å²) in [5.41, 5.74) is 7.97. The van der Waals surface area contributed by atoms with E-state index in [0.29, 0.717) is 0 Å². The summed E-state index contributed by atoms with van der Waals surface area (Å²) in [4.78, 5) is 4.81. The molecule has 1 aromatic carbocycles. The molecule has 1 aliphatic heterocycles. The van der Waals surface area contributed by atoms with E-state index in [1.807, 2.05) is 12.1 Å². The Balaban J connectivity index is 2.05. The van der Waals surface area contributed by atoms with Crippen molar-refractivity contribution in [3.8, 4) is 0 Å². The van der Waals surface area contributed by atoms with Gasteiger partial charge in [0.2, 0.25) is 0 Å². The van der Waals surface area contributed by atoms with Gasteiger partial charge in [-0.05, 0) is 67.7 Å². The number of halogens is 1. The lowest BCUT2D eigenvalue weighted by molar-refractivity contribution is 0.249. The molecule has 0 unspecified atom stereocenters. The molecule has 0 aliphatic carbocycles. The lowest BCUT2D eigenvalue weighted by Gasteiger charge is -2.37. The molecule has 0 atom stereocenters. The molecule has 1 saturated heterocycles. The van der Waals surface area contributed by atoms with Gasteiger partial charge in [0.25, 0.3) is 0 Å². The number of nitrogen functional groups attached to an aromatic ring is 1. The molecule has 0 amide bonds. The van der Waals surface area contributed by atoms with Crippen LogP contribution in [-0.2, 0) is 0 Å². The molecule has 3 nitrogen and oxygen atoms in total. The van der Waals surface area contributed by atoms with Gasteiger partial charge in [-0.1, -0.05) is 0 Å². The van der Waals surface area contributed by atoms with Crippen LogP contribution in [0.3, 0.4) is 0 Å². The topological polar surface area (TPSA) is 32.5 Å². The van der Waals surface area contributed by atoms with Gasteiger partial charge in [0.1, 0.15) is 0 Å². The van der Waals surface area contributed by atoms with Gasteiger partial charge in [-0.2, -0.15) is 0 Å². The van der Waals surface area contributed by atoms with E-state index in [-0.39, 0.29) is 0 Å². The molecule has 0 saturated carbocycles. The second-order valence-corrected chi connectivity index (χ2v) is 6.05. The largest absolute Gasteiger partial charge is 0.399 e. The van der Waals surface area contributed by atoms with Crippen LogP contribution in [0, 0.1) is 3.57 Å². The Labute approximate surface area is 117 Å². The summed E-state index contributed by atoms with van der Waals surface area (Å²) in [6.07, 6.45) is 2.49. The summed E-state index contributed by atoms with van der Waals surface area (Å²) >= 11 is 2.37. The second-order valence-electron chi connectivity index (χ2n) is 4.89. The SMILES string of the molecule is CN(C)C1CCN(c2ccc(N)cc2I)CC1. The molecule has 2 rings (SSSR count). The van der Waals surface area contributed by atoms with Gasteiger partial charge in [0.15, 0.2) is 0 Å². The fourth-order valence-corrected chi connectivity index (χ4v) is 3.28. The van der Waals surface area contributed by atoms with Gasteiger partial charge in [-0.3, -0.25) is 0 Å². The summed E-state index contributed by atoms with van der Waals surface area (Å²) in [5.74, 6) is 0.